The van der Waals surface area contributed by atoms with Gasteiger partial charge in [0.2, 0.25) is 9.37 Å². The van der Waals surface area contributed by atoms with E-state index in [9.17, 15) is 9.59 Å². The smallest absolute Gasteiger partial charge is 0.365 e. The fourth-order valence-electron chi connectivity index (χ4n) is 2.66. The first kappa shape index (κ1) is 19.1. The summed E-state index contributed by atoms with van der Waals surface area (Å²) in [5.41, 5.74) is 1.60. The van der Waals surface area contributed by atoms with E-state index in [1.54, 1.807) is 24.1 Å². The topological polar surface area (TPSA) is 62.2 Å². The molecular formula is C17H18ClN3O3S2. The molecule has 1 spiro atoms. The number of ketones is 1. The number of benzene rings is 1. The van der Waals surface area contributed by atoms with Gasteiger partial charge in [0.1, 0.15) is 0 Å². The second-order valence-corrected chi connectivity index (χ2v) is 8.73. The highest BCUT2D eigenvalue weighted by Crippen LogP contribution is 2.58. The zero-order valence-corrected chi connectivity index (χ0v) is 17.2. The number of allylic oxidation sites excluding steroid dienone is 2. The van der Waals surface area contributed by atoms with Crippen molar-refractivity contribution < 1.29 is 14.3 Å². The van der Waals surface area contributed by atoms with Gasteiger partial charge >= 0.3 is 5.97 Å². The van der Waals surface area contributed by atoms with Crippen LogP contribution in [0.15, 0.2) is 40.0 Å². The molecule has 2 aliphatic heterocycles. The Balaban J connectivity index is 2.05. The number of esters is 1. The summed E-state index contributed by atoms with van der Waals surface area (Å²) in [7, 11) is 1.89. The molecule has 0 aromatic heterocycles. The normalized spacial score (nSPS) is 22.3. The van der Waals surface area contributed by atoms with Crippen molar-refractivity contribution in [2.75, 3.05) is 18.7 Å². The summed E-state index contributed by atoms with van der Waals surface area (Å²) in [6.45, 7) is 5.45. The molecule has 2 aliphatic rings. The molecule has 0 saturated carbocycles. The van der Waals surface area contributed by atoms with E-state index in [0.717, 1.165) is 11.4 Å². The average molecular weight is 412 g/mol. The number of halogens is 1. The van der Waals surface area contributed by atoms with Crippen molar-refractivity contribution in [3.05, 3.63) is 39.9 Å². The molecule has 0 amide bonds. The van der Waals surface area contributed by atoms with Gasteiger partial charge in [-0.05, 0) is 56.8 Å². The molecule has 0 bridgehead atoms. The van der Waals surface area contributed by atoms with Gasteiger partial charge in [-0.15, -0.1) is 0 Å². The van der Waals surface area contributed by atoms with Crippen LogP contribution >= 0.6 is 35.1 Å². The summed E-state index contributed by atoms with van der Waals surface area (Å²) >= 11 is 8.66. The van der Waals surface area contributed by atoms with Gasteiger partial charge in [0.05, 0.1) is 17.2 Å². The Morgan fingerprint density at radius 2 is 1.92 bits per heavy atom. The van der Waals surface area contributed by atoms with Crippen LogP contribution in [0.1, 0.15) is 20.8 Å². The fraction of sp³-hybridized carbons (Fsp3) is 0.353. The predicted molar refractivity (Wildman–Crippen MR) is 107 cm³/mol. The van der Waals surface area contributed by atoms with Crippen LogP contribution in [0.4, 0.5) is 5.69 Å². The monoisotopic (exact) mass is 411 g/mol. The minimum absolute atomic E-state index is 0.0162. The van der Waals surface area contributed by atoms with Crippen LogP contribution in [0.2, 0.25) is 5.02 Å². The minimum atomic E-state index is -0.805. The first-order valence-electron chi connectivity index (χ1n) is 7.95. The number of carbonyl (C=O) groups excluding carboxylic acids is 2. The van der Waals surface area contributed by atoms with Crippen LogP contribution in [0.5, 0.6) is 0 Å². The number of hydrazone groups is 1. The number of hydrogen-bond acceptors (Lipinski definition) is 8. The first-order valence-corrected chi connectivity index (χ1v) is 9.96. The van der Waals surface area contributed by atoms with Crippen molar-refractivity contribution in [3.63, 3.8) is 0 Å². The van der Waals surface area contributed by atoms with E-state index in [1.165, 1.54) is 30.4 Å². The Bertz CT molecular complexity index is 825. The molecule has 6 nitrogen and oxygen atoms in total. The van der Waals surface area contributed by atoms with Crippen LogP contribution < -0.4 is 5.01 Å². The molecule has 0 radical (unpaired) electrons. The maximum absolute atomic E-state index is 12.3. The summed E-state index contributed by atoms with van der Waals surface area (Å²) in [4.78, 5) is 27.0. The third-order valence-corrected chi connectivity index (χ3v) is 7.43. The number of hydrogen-bond donors (Lipinski definition) is 0. The second-order valence-electron chi connectivity index (χ2n) is 5.70. The number of nitrogens with zero attached hydrogens (tertiary/aromatic N) is 3. The van der Waals surface area contributed by atoms with Crippen molar-refractivity contribution in [1.82, 2.24) is 4.90 Å². The van der Waals surface area contributed by atoms with Crippen LogP contribution in [0, 0.1) is 0 Å². The molecule has 138 valence electrons. The van der Waals surface area contributed by atoms with Crippen molar-refractivity contribution >= 4 is 57.6 Å². The van der Waals surface area contributed by atoms with Crippen molar-refractivity contribution in [2.45, 2.75) is 25.1 Å². The average Bonchev–Trinajstić information content (AvgIpc) is 3.10. The summed E-state index contributed by atoms with van der Waals surface area (Å²) in [5.74, 6) is -0.492. The van der Waals surface area contributed by atoms with Gasteiger partial charge in [-0.3, -0.25) is 4.79 Å². The number of rotatable bonds is 4. The highest BCUT2D eigenvalue weighted by molar-refractivity contribution is 8.28. The van der Waals surface area contributed by atoms with E-state index >= 15 is 0 Å². The number of anilines is 1. The molecule has 2 heterocycles. The second kappa shape index (κ2) is 7.17. The highest BCUT2D eigenvalue weighted by atomic mass is 35.5. The summed E-state index contributed by atoms with van der Waals surface area (Å²) in [5, 5.41) is 7.11. The summed E-state index contributed by atoms with van der Waals surface area (Å²) < 4.78 is 4.32. The predicted octanol–water partition coefficient (Wildman–Crippen LogP) is 3.88. The Labute approximate surface area is 165 Å². The molecule has 1 atom stereocenters. The van der Waals surface area contributed by atoms with E-state index in [2.05, 4.69) is 5.10 Å². The Morgan fingerprint density at radius 1 is 1.27 bits per heavy atom. The number of thioether (sulfide) groups is 2. The summed E-state index contributed by atoms with van der Waals surface area (Å²) in [6, 6.07) is 7.19. The third kappa shape index (κ3) is 3.10. The maximum atomic E-state index is 12.3. The Hall–Kier alpha value is -1.64. The van der Waals surface area contributed by atoms with Crippen molar-refractivity contribution in [2.24, 2.45) is 5.10 Å². The van der Waals surface area contributed by atoms with Gasteiger partial charge in [-0.2, -0.15) is 5.10 Å². The van der Waals surface area contributed by atoms with Gasteiger partial charge in [-0.25, -0.2) is 9.80 Å². The quantitative estimate of drug-likeness (QED) is 0.696. The number of Topliss-reactive ketones (excluding diaryl/α,β-unsaturated/α-hetero) is 1. The third-order valence-electron chi connectivity index (χ3n) is 4.02. The Morgan fingerprint density at radius 3 is 2.46 bits per heavy atom. The molecule has 9 heteroatoms. The molecule has 0 unspecified atom stereocenters. The zero-order chi connectivity index (χ0) is 19.1. The summed E-state index contributed by atoms with van der Waals surface area (Å²) in [6.07, 6.45) is 0. The van der Waals surface area contributed by atoms with E-state index < -0.39 is 10.3 Å². The van der Waals surface area contributed by atoms with Crippen LogP contribution in [-0.4, -0.2) is 39.7 Å². The van der Waals surface area contributed by atoms with E-state index in [-0.39, 0.29) is 17.4 Å². The van der Waals surface area contributed by atoms with Gasteiger partial charge in [-0.1, -0.05) is 23.4 Å². The molecule has 1 aromatic rings. The molecule has 0 saturated heterocycles. The molecule has 1 aromatic carbocycles. The molecule has 26 heavy (non-hydrogen) atoms. The van der Waals surface area contributed by atoms with E-state index in [0.29, 0.717) is 9.93 Å². The number of ether oxygens (including phenoxy) is 1. The maximum Gasteiger partial charge on any atom is 0.365 e. The van der Waals surface area contributed by atoms with E-state index in [1.807, 2.05) is 31.0 Å². The molecule has 0 fully saturated rings. The SMILES string of the molecule is CCOC(=O)C1=NN(c2ccc(Cl)cc2)[C@@]2(S1)SC(C(C)=O)=C(C)N2C. The standard InChI is InChI=1S/C17H18ClN3O3S2/c1-5-24-16(23)15-19-21(13-8-6-12(18)7-9-13)17(26-15)20(4)10(2)14(25-17)11(3)22/h6-9H,5H2,1-4H3/t17-/m1/s1. The minimum Gasteiger partial charge on any atom is -0.461 e. The Kier molecular flexibility index (Phi) is 5.28. The number of carbonyl (C=O) groups is 2. The zero-order valence-electron chi connectivity index (χ0n) is 14.8. The van der Waals surface area contributed by atoms with Crippen molar-refractivity contribution in [3.8, 4) is 0 Å². The lowest BCUT2D eigenvalue weighted by atomic mass is 10.3. The van der Waals surface area contributed by atoms with Gasteiger partial charge in [0.15, 0.2) is 5.78 Å². The lowest BCUT2D eigenvalue weighted by Crippen LogP contribution is -2.47. The first-order chi connectivity index (χ1) is 12.3. The van der Waals surface area contributed by atoms with Crippen LogP contribution in [0.25, 0.3) is 0 Å². The largest absolute Gasteiger partial charge is 0.461 e. The molecular weight excluding hydrogens is 394 g/mol. The highest BCUT2D eigenvalue weighted by Gasteiger charge is 2.56. The lowest BCUT2D eigenvalue weighted by Gasteiger charge is -2.39. The molecule has 0 aliphatic carbocycles. The van der Waals surface area contributed by atoms with Crippen LogP contribution in [-0.2, 0) is 14.3 Å². The van der Waals surface area contributed by atoms with Gasteiger partial charge in [0, 0.05) is 17.8 Å². The molecule has 0 N–H and O–H groups in total. The molecule has 3 rings (SSSR count). The van der Waals surface area contributed by atoms with Crippen molar-refractivity contribution in [1.29, 1.82) is 0 Å². The lowest BCUT2D eigenvalue weighted by molar-refractivity contribution is -0.134. The van der Waals surface area contributed by atoms with Gasteiger partial charge < -0.3 is 9.64 Å². The van der Waals surface area contributed by atoms with E-state index in [4.69, 9.17) is 16.3 Å². The fourth-order valence-corrected chi connectivity index (χ4v) is 5.67. The van der Waals surface area contributed by atoms with Crippen LogP contribution in [0.3, 0.4) is 0 Å². The van der Waals surface area contributed by atoms with Gasteiger partial charge in [0.25, 0.3) is 0 Å².